The van der Waals surface area contributed by atoms with Crippen LogP contribution in [0.2, 0.25) is 0 Å². The van der Waals surface area contributed by atoms with Crippen molar-refractivity contribution >= 4 is 0 Å². The SMILES string of the molecule is CC(O)n1ccnc1.c1ccccc1. The molecule has 2 aromatic rings. The van der Waals surface area contributed by atoms with Crippen LogP contribution in [0.4, 0.5) is 0 Å². The molecule has 0 radical (unpaired) electrons. The molecule has 1 N–H and O–H groups in total. The van der Waals surface area contributed by atoms with Gasteiger partial charge in [-0.05, 0) is 6.92 Å². The van der Waals surface area contributed by atoms with E-state index in [-0.39, 0.29) is 0 Å². The number of aliphatic hydroxyl groups excluding tert-OH is 1. The molecule has 0 amide bonds. The van der Waals surface area contributed by atoms with Gasteiger partial charge in [-0.1, -0.05) is 36.4 Å². The fourth-order valence-corrected chi connectivity index (χ4v) is 0.875. The number of aromatic nitrogens is 2. The highest BCUT2D eigenvalue weighted by atomic mass is 16.3. The van der Waals surface area contributed by atoms with Crippen molar-refractivity contribution < 1.29 is 5.11 Å². The summed E-state index contributed by atoms with van der Waals surface area (Å²) in [6.45, 7) is 1.68. The molecule has 0 aliphatic carbocycles. The molecule has 0 saturated carbocycles. The van der Waals surface area contributed by atoms with E-state index < -0.39 is 6.23 Å². The summed E-state index contributed by atoms with van der Waals surface area (Å²) in [5, 5.41) is 8.84. The van der Waals surface area contributed by atoms with Crippen LogP contribution < -0.4 is 0 Å². The first-order valence-electron chi connectivity index (χ1n) is 4.46. The molecule has 0 bridgehead atoms. The Labute approximate surface area is 83.7 Å². The lowest BCUT2D eigenvalue weighted by Gasteiger charge is -2.01. The van der Waals surface area contributed by atoms with E-state index in [1.165, 1.54) is 0 Å². The molecule has 14 heavy (non-hydrogen) atoms. The first kappa shape index (κ1) is 10.5. The van der Waals surface area contributed by atoms with Crippen molar-refractivity contribution in [2.75, 3.05) is 0 Å². The lowest BCUT2D eigenvalue weighted by molar-refractivity contribution is 0.124. The average molecular weight is 190 g/mol. The molecule has 0 saturated heterocycles. The van der Waals surface area contributed by atoms with Gasteiger partial charge in [-0.25, -0.2) is 4.98 Å². The quantitative estimate of drug-likeness (QED) is 0.747. The first-order chi connectivity index (χ1) is 6.80. The molecular weight excluding hydrogens is 176 g/mol. The second-order valence-electron chi connectivity index (χ2n) is 2.80. The number of aliphatic hydroxyl groups is 1. The molecule has 1 unspecified atom stereocenters. The highest BCUT2D eigenvalue weighted by Gasteiger charge is 1.92. The molecule has 1 heterocycles. The summed E-state index contributed by atoms with van der Waals surface area (Å²) in [5.74, 6) is 0. The van der Waals surface area contributed by atoms with Crippen LogP contribution in [-0.4, -0.2) is 14.7 Å². The summed E-state index contributed by atoms with van der Waals surface area (Å²) < 4.78 is 1.61. The minimum atomic E-state index is -0.461. The summed E-state index contributed by atoms with van der Waals surface area (Å²) in [6, 6.07) is 12.0. The number of rotatable bonds is 1. The molecule has 74 valence electrons. The molecule has 3 nitrogen and oxygen atoms in total. The van der Waals surface area contributed by atoms with Crippen molar-refractivity contribution in [1.29, 1.82) is 0 Å². The first-order valence-corrected chi connectivity index (χ1v) is 4.46. The topological polar surface area (TPSA) is 38.0 Å². The predicted molar refractivity (Wildman–Crippen MR) is 55.6 cm³/mol. The van der Waals surface area contributed by atoms with E-state index in [2.05, 4.69) is 4.98 Å². The van der Waals surface area contributed by atoms with E-state index in [1.54, 1.807) is 30.2 Å². The zero-order valence-corrected chi connectivity index (χ0v) is 8.12. The predicted octanol–water partition coefficient (Wildman–Crippen LogP) is 2.08. The Balaban J connectivity index is 0.000000146. The lowest BCUT2D eigenvalue weighted by atomic mass is 10.4. The third kappa shape index (κ3) is 3.87. The van der Waals surface area contributed by atoms with E-state index in [0.717, 1.165) is 0 Å². The van der Waals surface area contributed by atoms with Crippen LogP contribution in [0.3, 0.4) is 0 Å². The summed E-state index contributed by atoms with van der Waals surface area (Å²) in [4.78, 5) is 3.75. The van der Waals surface area contributed by atoms with Gasteiger partial charge in [-0.2, -0.15) is 0 Å². The Morgan fingerprint density at radius 1 is 1.07 bits per heavy atom. The molecule has 0 spiro atoms. The Hall–Kier alpha value is -1.61. The van der Waals surface area contributed by atoms with Gasteiger partial charge in [0.1, 0.15) is 6.23 Å². The van der Waals surface area contributed by atoms with Gasteiger partial charge < -0.3 is 9.67 Å². The fourth-order valence-electron chi connectivity index (χ4n) is 0.875. The van der Waals surface area contributed by atoms with Crippen molar-refractivity contribution in [2.24, 2.45) is 0 Å². The second-order valence-corrected chi connectivity index (χ2v) is 2.80. The number of nitrogens with zero attached hydrogens (tertiary/aromatic N) is 2. The molecule has 3 heteroatoms. The monoisotopic (exact) mass is 190 g/mol. The van der Waals surface area contributed by atoms with Crippen LogP contribution in [0.25, 0.3) is 0 Å². The van der Waals surface area contributed by atoms with Crippen molar-refractivity contribution in [3.63, 3.8) is 0 Å². The van der Waals surface area contributed by atoms with Crippen LogP contribution in [-0.2, 0) is 0 Å². The summed E-state index contributed by atoms with van der Waals surface area (Å²) >= 11 is 0. The Morgan fingerprint density at radius 3 is 1.79 bits per heavy atom. The molecule has 0 fully saturated rings. The standard InChI is InChI=1S/C6H6.C5H8N2O/c1-2-4-6-5-3-1;1-5(8)7-3-2-6-4-7/h1-6H;2-5,8H,1H3. The van der Waals surface area contributed by atoms with E-state index in [4.69, 9.17) is 5.11 Å². The van der Waals surface area contributed by atoms with Crippen LogP contribution in [0.5, 0.6) is 0 Å². The number of hydrogen-bond acceptors (Lipinski definition) is 2. The van der Waals surface area contributed by atoms with Crippen LogP contribution in [0.15, 0.2) is 55.1 Å². The third-order valence-corrected chi connectivity index (χ3v) is 1.62. The highest BCUT2D eigenvalue weighted by molar-refractivity contribution is 4.99. The van der Waals surface area contributed by atoms with Gasteiger partial charge in [0.05, 0.1) is 6.33 Å². The van der Waals surface area contributed by atoms with Gasteiger partial charge in [-0.3, -0.25) is 0 Å². The van der Waals surface area contributed by atoms with Gasteiger partial charge in [0, 0.05) is 12.4 Å². The number of benzene rings is 1. The number of imidazole rings is 1. The summed E-state index contributed by atoms with van der Waals surface area (Å²) in [6.07, 6.45) is 4.46. The normalized spacial score (nSPS) is 11.3. The van der Waals surface area contributed by atoms with Gasteiger partial charge in [-0.15, -0.1) is 0 Å². The lowest BCUT2D eigenvalue weighted by Crippen LogP contribution is -1.98. The molecule has 1 aromatic heterocycles. The Morgan fingerprint density at radius 2 is 1.57 bits per heavy atom. The van der Waals surface area contributed by atoms with Gasteiger partial charge in [0.15, 0.2) is 0 Å². The maximum absolute atomic E-state index is 8.84. The maximum Gasteiger partial charge on any atom is 0.128 e. The van der Waals surface area contributed by atoms with Crippen molar-refractivity contribution in [3.05, 3.63) is 55.1 Å². The van der Waals surface area contributed by atoms with Crippen molar-refractivity contribution in [3.8, 4) is 0 Å². The van der Waals surface area contributed by atoms with Gasteiger partial charge in [0.25, 0.3) is 0 Å². The summed E-state index contributed by atoms with van der Waals surface area (Å²) in [7, 11) is 0. The van der Waals surface area contributed by atoms with Crippen molar-refractivity contribution in [2.45, 2.75) is 13.2 Å². The molecule has 0 aliphatic rings. The number of hydrogen-bond donors (Lipinski definition) is 1. The maximum atomic E-state index is 8.84. The summed E-state index contributed by atoms with van der Waals surface area (Å²) in [5.41, 5.74) is 0. The minimum Gasteiger partial charge on any atom is -0.374 e. The van der Waals surface area contributed by atoms with Gasteiger partial charge >= 0.3 is 0 Å². The fraction of sp³-hybridized carbons (Fsp3) is 0.182. The zero-order chi connectivity index (χ0) is 10.2. The highest BCUT2D eigenvalue weighted by Crippen LogP contribution is 1.96. The van der Waals surface area contributed by atoms with E-state index >= 15 is 0 Å². The molecule has 0 aliphatic heterocycles. The van der Waals surface area contributed by atoms with Gasteiger partial charge in [0.2, 0.25) is 0 Å². The minimum absolute atomic E-state index is 0.461. The largest absolute Gasteiger partial charge is 0.374 e. The smallest absolute Gasteiger partial charge is 0.128 e. The molecule has 1 aromatic carbocycles. The van der Waals surface area contributed by atoms with Crippen LogP contribution in [0.1, 0.15) is 13.2 Å². The van der Waals surface area contributed by atoms with Crippen LogP contribution in [0, 0.1) is 0 Å². The average Bonchev–Trinajstić information content (AvgIpc) is 2.74. The Bertz CT molecular complexity index is 290. The zero-order valence-electron chi connectivity index (χ0n) is 8.12. The van der Waals surface area contributed by atoms with Crippen LogP contribution >= 0.6 is 0 Å². The molecule has 2 rings (SSSR count). The third-order valence-electron chi connectivity index (χ3n) is 1.62. The second kappa shape index (κ2) is 5.94. The molecule has 1 atom stereocenters. The van der Waals surface area contributed by atoms with E-state index in [1.807, 2.05) is 36.4 Å². The van der Waals surface area contributed by atoms with E-state index in [9.17, 15) is 0 Å². The van der Waals surface area contributed by atoms with E-state index in [0.29, 0.717) is 0 Å². The van der Waals surface area contributed by atoms with Crippen molar-refractivity contribution in [1.82, 2.24) is 9.55 Å². The Kier molecular flexibility index (Phi) is 4.44. The molecular formula is C11H14N2O.